The summed E-state index contributed by atoms with van der Waals surface area (Å²) in [7, 11) is 0. The summed E-state index contributed by atoms with van der Waals surface area (Å²) in [5.74, 6) is 0.205. The highest BCUT2D eigenvalue weighted by Gasteiger charge is 2.35. The van der Waals surface area contributed by atoms with Gasteiger partial charge in [0.15, 0.2) is 0 Å². The van der Waals surface area contributed by atoms with Crippen molar-refractivity contribution in [3.05, 3.63) is 58.1 Å². The first-order valence-electron chi connectivity index (χ1n) is 7.22. The Kier molecular flexibility index (Phi) is 5.04. The Bertz CT molecular complexity index is 813. The van der Waals surface area contributed by atoms with Crippen LogP contribution in [0.2, 0.25) is 10.0 Å². The van der Waals surface area contributed by atoms with Gasteiger partial charge < -0.3 is 5.32 Å². The number of thioether (sulfide) groups is 1. The summed E-state index contributed by atoms with van der Waals surface area (Å²) < 4.78 is 0. The van der Waals surface area contributed by atoms with E-state index in [0.29, 0.717) is 27.2 Å². The molecule has 0 spiro atoms. The maximum Gasteiger partial charge on any atom is 0.238 e. The van der Waals surface area contributed by atoms with E-state index in [1.807, 2.05) is 12.1 Å². The Hall–Kier alpha value is -1.69. The lowest BCUT2D eigenvalue weighted by Crippen LogP contribution is -2.28. The quantitative estimate of drug-likeness (QED) is 0.836. The number of nitrogens with one attached hydrogen (secondary N) is 1. The first-order valence-corrected chi connectivity index (χ1v) is 9.02. The van der Waals surface area contributed by atoms with Crippen molar-refractivity contribution in [2.24, 2.45) is 0 Å². The van der Waals surface area contributed by atoms with Crippen molar-refractivity contribution in [2.75, 3.05) is 16.0 Å². The molecule has 3 rings (SSSR count). The molecular weight excluding hydrogens is 367 g/mol. The van der Waals surface area contributed by atoms with Crippen LogP contribution in [0.15, 0.2) is 42.5 Å². The fourth-order valence-corrected chi connectivity index (χ4v) is 4.36. The molecule has 0 bridgehead atoms. The van der Waals surface area contributed by atoms with Crippen LogP contribution in [0.5, 0.6) is 0 Å². The minimum atomic E-state index is -0.227. The zero-order valence-electron chi connectivity index (χ0n) is 12.8. The van der Waals surface area contributed by atoms with E-state index in [-0.39, 0.29) is 17.2 Å². The summed E-state index contributed by atoms with van der Waals surface area (Å²) in [6.45, 7) is 1.44. The number of rotatable bonds is 3. The summed E-state index contributed by atoms with van der Waals surface area (Å²) in [6.07, 6.45) is 0. The third kappa shape index (κ3) is 3.53. The molecule has 2 aromatic carbocycles. The van der Waals surface area contributed by atoms with Gasteiger partial charge in [0.2, 0.25) is 11.8 Å². The maximum absolute atomic E-state index is 12.4. The molecule has 1 N–H and O–H groups in total. The topological polar surface area (TPSA) is 49.4 Å². The highest BCUT2D eigenvalue weighted by atomic mass is 35.5. The Morgan fingerprint density at radius 3 is 2.75 bits per heavy atom. The van der Waals surface area contributed by atoms with E-state index in [4.69, 9.17) is 23.2 Å². The summed E-state index contributed by atoms with van der Waals surface area (Å²) in [5, 5.41) is 3.58. The van der Waals surface area contributed by atoms with E-state index in [9.17, 15) is 9.59 Å². The molecule has 0 aromatic heterocycles. The van der Waals surface area contributed by atoms with Gasteiger partial charge in [-0.25, -0.2) is 0 Å². The van der Waals surface area contributed by atoms with Crippen molar-refractivity contribution in [1.29, 1.82) is 0 Å². The first kappa shape index (κ1) is 17.1. The molecule has 1 atom stereocenters. The fourth-order valence-electron chi connectivity index (χ4n) is 2.57. The summed E-state index contributed by atoms with van der Waals surface area (Å²) in [5.41, 5.74) is 2.19. The zero-order chi connectivity index (χ0) is 17.3. The van der Waals surface area contributed by atoms with Crippen LogP contribution in [0.25, 0.3) is 0 Å². The molecule has 1 saturated heterocycles. The SMILES string of the molecule is CC(=O)Nc1cccc(N2C(=O)CS[C@@H]2c2ccc(Cl)cc2Cl)c1. The number of carbonyl (C=O) groups excluding carboxylic acids is 2. The molecule has 0 saturated carbocycles. The molecule has 1 aliphatic rings. The van der Waals surface area contributed by atoms with E-state index in [0.717, 1.165) is 5.56 Å². The molecule has 24 heavy (non-hydrogen) atoms. The predicted molar refractivity (Wildman–Crippen MR) is 99.9 cm³/mol. The molecule has 1 fully saturated rings. The van der Waals surface area contributed by atoms with E-state index >= 15 is 0 Å². The number of hydrogen-bond donors (Lipinski definition) is 1. The van der Waals surface area contributed by atoms with Crippen molar-refractivity contribution < 1.29 is 9.59 Å². The summed E-state index contributed by atoms with van der Waals surface area (Å²) >= 11 is 13.8. The molecule has 1 aliphatic heterocycles. The van der Waals surface area contributed by atoms with Crippen molar-refractivity contribution in [2.45, 2.75) is 12.3 Å². The Morgan fingerprint density at radius 1 is 1.25 bits per heavy atom. The second kappa shape index (κ2) is 7.05. The molecule has 1 heterocycles. The smallest absolute Gasteiger partial charge is 0.238 e. The molecule has 4 nitrogen and oxygen atoms in total. The number of nitrogens with zero attached hydrogens (tertiary/aromatic N) is 1. The van der Waals surface area contributed by atoms with E-state index in [2.05, 4.69) is 5.32 Å². The molecule has 0 unspecified atom stereocenters. The van der Waals surface area contributed by atoms with Gasteiger partial charge in [-0.2, -0.15) is 0 Å². The van der Waals surface area contributed by atoms with Crippen LogP contribution in [0.1, 0.15) is 17.9 Å². The second-order valence-corrected chi connectivity index (χ2v) is 7.24. The predicted octanol–water partition coefficient (Wildman–Crippen LogP) is 4.73. The van der Waals surface area contributed by atoms with Crippen molar-refractivity contribution >= 4 is 58.2 Å². The third-order valence-corrected chi connectivity index (χ3v) is 5.30. The minimum absolute atomic E-state index is 0.00371. The molecular formula is C17H14Cl2N2O2S. The maximum atomic E-state index is 12.4. The third-order valence-electron chi connectivity index (χ3n) is 3.54. The van der Waals surface area contributed by atoms with Gasteiger partial charge in [-0.15, -0.1) is 11.8 Å². The summed E-state index contributed by atoms with van der Waals surface area (Å²) in [6, 6.07) is 12.5. The fraction of sp³-hybridized carbons (Fsp3) is 0.176. The van der Waals surface area contributed by atoms with Crippen molar-refractivity contribution in [3.8, 4) is 0 Å². The van der Waals surface area contributed by atoms with Crippen molar-refractivity contribution in [1.82, 2.24) is 0 Å². The van der Waals surface area contributed by atoms with Gasteiger partial charge in [-0.05, 0) is 30.3 Å². The number of hydrogen-bond acceptors (Lipinski definition) is 3. The lowest BCUT2D eigenvalue weighted by Gasteiger charge is -2.25. The zero-order valence-corrected chi connectivity index (χ0v) is 15.1. The highest BCUT2D eigenvalue weighted by Crippen LogP contribution is 2.44. The number of benzene rings is 2. The van der Waals surface area contributed by atoms with Gasteiger partial charge in [-0.3, -0.25) is 14.5 Å². The van der Waals surface area contributed by atoms with Crippen LogP contribution in [-0.4, -0.2) is 17.6 Å². The number of anilines is 2. The number of carbonyl (C=O) groups is 2. The van der Waals surface area contributed by atoms with Gasteiger partial charge in [0.05, 0.1) is 5.75 Å². The lowest BCUT2D eigenvalue weighted by molar-refractivity contribution is -0.116. The molecule has 0 aliphatic carbocycles. The molecule has 2 amide bonds. The molecule has 0 radical (unpaired) electrons. The Morgan fingerprint density at radius 2 is 2.04 bits per heavy atom. The number of halogens is 2. The average Bonchev–Trinajstić information content (AvgIpc) is 2.88. The minimum Gasteiger partial charge on any atom is -0.326 e. The highest BCUT2D eigenvalue weighted by molar-refractivity contribution is 8.00. The second-order valence-electron chi connectivity index (χ2n) is 5.32. The Labute approximate surface area is 154 Å². The largest absolute Gasteiger partial charge is 0.326 e. The lowest BCUT2D eigenvalue weighted by atomic mass is 10.1. The molecule has 2 aromatic rings. The van der Waals surface area contributed by atoms with Crippen LogP contribution < -0.4 is 10.2 Å². The van der Waals surface area contributed by atoms with Gasteiger partial charge >= 0.3 is 0 Å². The first-order chi connectivity index (χ1) is 11.5. The van der Waals surface area contributed by atoms with Crippen LogP contribution in [0.3, 0.4) is 0 Å². The van der Waals surface area contributed by atoms with Crippen LogP contribution in [0, 0.1) is 0 Å². The molecule has 7 heteroatoms. The standard InChI is InChI=1S/C17H14Cl2N2O2S/c1-10(22)20-12-3-2-4-13(8-12)21-16(23)9-24-17(21)14-6-5-11(18)7-15(14)19/h2-8,17H,9H2,1H3,(H,20,22)/t17-/m1/s1. The van der Waals surface area contributed by atoms with Gasteiger partial charge in [-0.1, -0.05) is 35.3 Å². The normalized spacial score (nSPS) is 17.2. The number of amides is 2. The van der Waals surface area contributed by atoms with Crippen LogP contribution >= 0.6 is 35.0 Å². The van der Waals surface area contributed by atoms with E-state index in [1.165, 1.54) is 18.7 Å². The van der Waals surface area contributed by atoms with Gasteiger partial charge in [0.25, 0.3) is 0 Å². The van der Waals surface area contributed by atoms with Gasteiger partial charge in [0, 0.05) is 33.9 Å². The van der Waals surface area contributed by atoms with Crippen molar-refractivity contribution in [3.63, 3.8) is 0 Å². The van der Waals surface area contributed by atoms with E-state index in [1.54, 1.807) is 35.2 Å². The van der Waals surface area contributed by atoms with E-state index < -0.39 is 0 Å². The monoisotopic (exact) mass is 380 g/mol. The Balaban J connectivity index is 1.98. The summed E-state index contributed by atoms with van der Waals surface area (Å²) in [4.78, 5) is 25.4. The van der Waals surface area contributed by atoms with Crippen LogP contribution in [0.4, 0.5) is 11.4 Å². The van der Waals surface area contributed by atoms with Crippen LogP contribution in [-0.2, 0) is 9.59 Å². The molecule has 124 valence electrons. The average molecular weight is 381 g/mol. The van der Waals surface area contributed by atoms with Gasteiger partial charge in [0.1, 0.15) is 5.37 Å².